The van der Waals surface area contributed by atoms with Gasteiger partial charge in [-0.15, -0.1) is 0 Å². The molecule has 0 saturated carbocycles. The SMILES string of the molecule is CC1(C)c2ccccc2-c2ccc(/C(=C\c3ccc(-c4ccc5oc6ccccc6c5c4)cc3)Cc3ccc(-c4ccc5c(c4)C(C)(C)c4ccccc4-5)cc3)cc21. The summed E-state index contributed by atoms with van der Waals surface area (Å²) in [6.07, 6.45) is 3.21. The minimum Gasteiger partial charge on any atom is -0.456 e. The lowest BCUT2D eigenvalue weighted by Crippen LogP contribution is -2.15. The van der Waals surface area contributed by atoms with Crippen LogP contribution in [0, 0.1) is 0 Å². The summed E-state index contributed by atoms with van der Waals surface area (Å²) >= 11 is 0. The van der Waals surface area contributed by atoms with Crippen molar-refractivity contribution in [1.82, 2.24) is 0 Å². The second-order valence-electron chi connectivity index (χ2n) is 17.3. The molecule has 0 amide bonds. The average molecular weight is 745 g/mol. The molecular formula is C57H44O. The second-order valence-corrected chi connectivity index (χ2v) is 17.3. The highest BCUT2D eigenvalue weighted by molar-refractivity contribution is 6.06. The van der Waals surface area contributed by atoms with Gasteiger partial charge in [-0.3, -0.25) is 0 Å². The van der Waals surface area contributed by atoms with E-state index in [1.165, 1.54) is 89.0 Å². The summed E-state index contributed by atoms with van der Waals surface area (Å²) in [5, 5.41) is 2.30. The predicted octanol–water partition coefficient (Wildman–Crippen LogP) is 15.3. The fourth-order valence-corrected chi connectivity index (χ4v) is 9.94. The molecule has 0 atom stereocenters. The molecule has 0 radical (unpaired) electrons. The van der Waals surface area contributed by atoms with Crippen LogP contribution in [0.1, 0.15) is 66.6 Å². The van der Waals surface area contributed by atoms with Crippen molar-refractivity contribution in [2.45, 2.75) is 44.9 Å². The molecule has 278 valence electrons. The average Bonchev–Trinajstić information content (AvgIpc) is 3.83. The molecule has 2 aliphatic rings. The zero-order valence-electron chi connectivity index (χ0n) is 33.4. The molecule has 0 fully saturated rings. The molecule has 0 aliphatic heterocycles. The van der Waals surface area contributed by atoms with E-state index in [9.17, 15) is 0 Å². The van der Waals surface area contributed by atoms with E-state index in [0.29, 0.717) is 0 Å². The van der Waals surface area contributed by atoms with E-state index < -0.39 is 0 Å². The van der Waals surface area contributed by atoms with Gasteiger partial charge in [-0.2, -0.15) is 0 Å². The summed E-state index contributed by atoms with van der Waals surface area (Å²) in [6, 6.07) is 65.0. The van der Waals surface area contributed by atoms with E-state index in [2.05, 4.69) is 198 Å². The quantitative estimate of drug-likeness (QED) is 0.155. The topological polar surface area (TPSA) is 13.1 Å². The number of fused-ring (bicyclic) bond motifs is 9. The largest absolute Gasteiger partial charge is 0.456 e. The Morgan fingerprint density at radius 1 is 0.431 bits per heavy atom. The van der Waals surface area contributed by atoms with Gasteiger partial charge >= 0.3 is 0 Å². The number of rotatable bonds is 6. The van der Waals surface area contributed by atoms with Crippen molar-refractivity contribution < 1.29 is 4.42 Å². The molecule has 1 nitrogen and oxygen atoms in total. The van der Waals surface area contributed by atoms with Crippen molar-refractivity contribution in [3.8, 4) is 44.5 Å². The third-order valence-electron chi connectivity index (χ3n) is 13.2. The Labute approximate surface area is 341 Å². The molecule has 11 rings (SSSR count). The number of furan rings is 1. The van der Waals surface area contributed by atoms with E-state index in [-0.39, 0.29) is 10.8 Å². The lowest BCUT2D eigenvalue weighted by Gasteiger charge is -2.22. The van der Waals surface area contributed by atoms with Crippen LogP contribution >= 0.6 is 0 Å². The first-order chi connectivity index (χ1) is 28.2. The smallest absolute Gasteiger partial charge is 0.135 e. The maximum absolute atomic E-state index is 6.11. The van der Waals surface area contributed by atoms with Gasteiger partial charge in [0.15, 0.2) is 0 Å². The first-order valence-corrected chi connectivity index (χ1v) is 20.5. The number of allylic oxidation sites excluding steroid dienone is 1. The Hall–Kier alpha value is -6.70. The van der Waals surface area contributed by atoms with E-state index in [1.807, 2.05) is 12.1 Å². The van der Waals surface area contributed by atoms with Crippen LogP contribution < -0.4 is 0 Å². The fraction of sp³-hybridized carbons (Fsp3) is 0.123. The highest BCUT2D eigenvalue weighted by Gasteiger charge is 2.36. The van der Waals surface area contributed by atoms with Gasteiger partial charge in [0.1, 0.15) is 11.2 Å². The van der Waals surface area contributed by atoms with Gasteiger partial charge in [0.2, 0.25) is 0 Å². The van der Waals surface area contributed by atoms with E-state index in [0.717, 1.165) is 28.4 Å². The van der Waals surface area contributed by atoms with Crippen molar-refractivity contribution in [3.63, 3.8) is 0 Å². The van der Waals surface area contributed by atoms with Crippen molar-refractivity contribution in [2.24, 2.45) is 0 Å². The van der Waals surface area contributed by atoms with E-state index in [1.54, 1.807) is 0 Å². The normalized spacial score (nSPS) is 14.7. The summed E-state index contributed by atoms with van der Waals surface area (Å²) in [5.41, 5.74) is 22.7. The Bertz CT molecular complexity index is 3110. The van der Waals surface area contributed by atoms with Crippen molar-refractivity contribution >= 4 is 33.6 Å². The van der Waals surface area contributed by atoms with Crippen molar-refractivity contribution in [2.75, 3.05) is 0 Å². The number of para-hydroxylation sites is 1. The Balaban J connectivity index is 0.942. The summed E-state index contributed by atoms with van der Waals surface area (Å²) in [4.78, 5) is 0. The van der Waals surface area contributed by atoms with Gasteiger partial charge in [-0.05, 0) is 126 Å². The van der Waals surface area contributed by atoms with Crippen molar-refractivity contribution in [1.29, 1.82) is 0 Å². The lowest BCUT2D eigenvalue weighted by molar-refractivity contribution is 0.660. The van der Waals surface area contributed by atoms with Crippen LogP contribution in [-0.2, 0) is 17.3 Å². The van der Waals surface area contributed by atoms with Crippen molar-refractivity contribution in [3.05, 3.63) is 215 Å². The van der Waals surface area contributed by atoms with Gasteiger partial charge in [0.25, 0.3) is 0 Å². The maximum atomic E-state index is 6.11. The highest BCUT2D eigenvalue weighted by Crippen LogP contribution is 2.51. The van der Waals surface area contributed by atoms with Crippen LogP contribution in [0.25, 0.3) is 78.1 Å². The third-order valence-corrected chi connectivity index (χ3v) is 13.2. The molecule has 0 N–H and O–H groups in total. The summed E-state index contributed by atoms with van der Waals surface area (Å²) in [5.74, 6) is 0. The molecule has 1 aromatic heterocycles. The van der Waals surface area contributed by atoms with Crippen LogP contribution in [0.5, 0.6) is 0 Å². The second kappa shape index (κ2) is 12.9. The Kier molecular flexibility index (Phi) is 7.69. The van der Waals surface area contributed by atoms with Gasteiger partial charge in [0.05, 0.1) is 0 Å². The number of hydrogen-bond donors (Lipinski definition) is 0. The number of benzene rings is 8. The van der Waals surface area contributed by atoms with Crippen LogP contribution in [0.3, 0.4) is 0 Å². The fourth-order valence-electron chi connectivity index (χ4n) is 9.94. The zero-order chi connectivity index (χ0) is 39.2. The molecule has 0 bridgehead atoms. The molecule has 0 unspecified atom stereocenters. The molecule has 0 saturated heterocycles. The van der Waals surface area contributed by atoms with E-state index >= 15 is 0 Å². The molecular weight excluding hydrogens is 701 g/mol. The summed E-state index contributed by atoms with van der Waals surface area (Å²) in [7, 11) is 0. The molecule has 0 spiro atoms. The molecule has 58 heavy (non-hydrogen) atoms. The van der Waals surface area contributed by atoms with Gasteiger partial charge in [0, 0.05) is 21.6 Å². The molecule has 9 aromatic rings. The van der Waals surface area contributed by atoms with Crippen LogP contribution in [0.15, 0.2) is 180 Å². The van der Waals surface area contributed by atoms with Gasteiger partial charge < -0.3 is 4.42 Å². The Morgan fingerprint density at radius 2 is 0.948 bits per heavy atom. The first-order valence-electron chi connectivity index (χ1n) is 20.5. The third kappa shape index (κ3) is 5.45. The zero-order valence-corrected chi connectivity index (χ0v) is 33.4. The van der Waals surface area contributed by atoms with Gasteiger partial charge in [-0.1, -0.05) is 179 Å². The first kappa shape index (κ1) is 34.5. The lowest BCUT2D eigenvalue weighted by atomic mass is 9.81. The van der Waals surface area contributed by atoms with E-state index in [4.69, 9.17) is 4.42 Å². The van der Waals surface area contributed by atoms with Crippen LogP contribution in [0.4, 0.5) is 0 Å². The Morgan fingerprint density at radius 3 is 1.66 bits per heavy atom. The summed E-state index contributed by atoms with van der Waals surface area (Å²) in [6.45, 7) is 9.44. The monoisotopic (exact) mass is 744 g/mol. The molecule has 1 heteroatoms. The molecule has 2 aliphatic carbocycles. The number of hydrogen-bond acceptors (Lipinski definition) is 1. The maximum Gasteiger partial charge on any atom is 0.135 e. The van der Waals surface area contributed by atoms with Crippen LogP contribution in [0.2, 0.25) is 0 Å². The molecule has 8 aromatic carbocycles. The minimum atomic E-state index is -0.0659. The summed E-state index contributed by atoms with van der Waals surface area (Å²) < 4.78 is 6.11. The van der Waals surface area contributed by atoms with Crippen LogP contribution in [-0.4, -0.2) is 0 Å². The van der Waals surface area contributed by atoms with Gasteiger partial charge in [-0.25, -0.2) is 0 Å². The predicted molar refractivity (Wildman–Crippen MR) is 244 cm³/mol. The highest BCUT2D eigenvalue weighted by atomic mass is 16.3. The standard InChI is InChI=1S/C57H44O/c1-56(2)50-14-8-5-11-44(50)46-28-25-41(34-52(46)56)39-23-19-37(20-24-39)32-43(42-26-29-47-45-12-6-9-15-51(45)57(3,4)53(47)35-42)31-36-17-21-38(22-18-36)40-27-30-55-49(33-40)48-13-7-10-16-54(48)58-55/h5-31,33-35H,32H2,1-4H3/b43-31-. The molecule has 1 heterocycles. The minimum absolute atomic E-state index is 0.0200.